The van der Waals surface area contributed by atoms with Crippen LogP contribution in [0.3, 0.4) is 0 Å². The average molecular weight is 465 g/mol. The summed E-state index contributed by atoms with van der Waals surface area (Å²) in [6.07, 6.45) is 1.30. The number of aldehydes is 1. The Labute approximate surface area is 194 Å². The predicted octanol–water partition coefficient (Wildman–Crippen LogP) is 1.25. The molecule has 3 amide bonds. The van der Waals surface area contributed by atoms with Crippen LogP contribution in [0.4, 0.5) is 4.39 Å². The van der Waals surface area contributed by atoms with Gasteiger partial charge in [0.1, 0.15) is 18.1 Å². The van der Waals surface area contributed by atoms with Crippen molar-refractivity contribution in [1.29, 1.82) is 0 Å². The summed E-state index contributed by atoms with van der Waals surface area (Å²) in [7, 11) is 0. The molecule has 1 fully saturated rings. The molecule has 10 heteroatoms. The van der Waals surface area contributed by atoms with Gasteiger partial charge in [0.2, 0.25) is 11.8 Å². The molecule has 3 aromatic rings. The highest BCUT2D eigenvalue weighted by molar-refractivity contribution is 5.97. The number of nitrogens with zero attached hydrogens (tertiary/aromatic N) is 1. The van der Waals surface area contributed by atoms with E-state index in [0.717, 1.165) is 0 Å². The Morgan fingerprint density at radius 1 is 1.18 bits per heavy atom. The summed E-state index contributed by atoms with van der Waals surface area (Å²) >= 11 is 0. The van der Waals surface area contributed by atoms with E-state index >= 15 is 0 Å². The lowest BCUT2D eigenvalue weighted by atomic mass is 9.98. The summed E-state index contributed by atoms with van der Waals surface area (Å²) in [6, 6.07) is 10.8. The van der Waals surface area contributed by atoms with Crippen LogP contribution < -0.4 is 16.0 Å². The predicted molar refractivity (Wildman–Crippen MR) is 121 cm³/mol. The first-order valence-corrected chi connectivity index (χ1v) is 11.0. The van der Waals surface area contributed by atoms with Crippen molar-refractivity contribution in [2.45, 2.75) is 31.3 Å². The normalized spacial score (nSPS) is 17.1. The third-order valence-corrected chi connectivity index (χ3v) is 5.75. The van der Waals surface area contributed by atoms with E-state index in [1.165, 1.54) is 18.2 Å². The van der Waals surface area contributed by atoms with Gasteiger partial charge in [-0.3, -0.25) is 14.4 Å². The first-order valence-electron chi connectivity index (χ1n) is 11.0. The minimum absolute atomic E-state index is 0.00888. The SMILES string of the molecule is O=C[C@H](C[C@@H]1CCNC1=O)NC(=O)[C@H](Cc1cccc(F)c1)NC(=O)c1nc2ccccc2[nH]1. The minimum atomic E-state index is -1.11. The molecule has 0 spiro atoms. The highest BCUT2D eigenvalue weighted by Crippen LogP contribution is 2.16. The molecule has 34 heavy (non-hydrogen) atoms. The minimum Gasteiger partial charge on any atom is -0.356 e. The van der Waals surface area contributed by atoms with Crippen LogP contribution in [-0.4, -0.2) is 52.6 Å². The summed E-state index contributed by atoms with van der Waals surface area (Å²) < 4.78 is 13.7. The van der Waals surface area contributed by atoms with Crippen molar-refractivity contribution in [1.82, 2.24) is 25.9 Å². The molecule has 2 aromatic carbocycles. The zero-order chi connectivity index (χ0) is 24.1. The van der Waals surface area contributed by atoms with E-state index in [1.807, 2.05) is 0 Å². The molecule has 1 aliphatic heterocycles. The van der Waals surface area contributed by atoms with Crippen molar-refractivity contribution >= 4 is 35.0 Å². The number of aromatic amines is 1. The lowest BCUT2D eigenvalue weighted by Crippen LogP contribution is -2.51. The summed E-state index contributed by atoms with van der Waals surface area (Å²) in [6.45, 7) is 0.527. The van der Waals surface area contributed by atoms with Gasteiger partial charge >= 0.3 is 0 Å². The van der Waals surface area contributed by atoms with Crippen LogP contribution in [-0.2, 0) is 20.8 Å². The number of fused-ring (bicyclic) bond motifs is 1. The lowest BCUT2D eigenvalue weighted by Gasteiger charge is -2.21. The number of hydrogen-bond acceptors (Lipinski definition) is 5. The third-order valence-electron chi connectivity index (χ3n) is 5.75. The zero-order valence-electron chi connectivity index (χ0n) is 18.2. The summed E-state index contributed by atoms with van der Waals surface area (Å²) in [5.41, 5.74) is 1.74. The molecule has 9 nitrogen and oxygen atoms in total. The number of nitrogens with one attached hydrogen (secondary N) is 4. The number of benzene rings is 2. The number of rotatable bonds is 9. The first-order chi connectivity index (χ1) is 16.4. The van der Waals surface area contributed by atoms with Gasteiger partial charge in [-0.15, -0.1) is 0 Å². The van der Waals surface area contributed by atoms with E-state index < -0.39 is 29.7 Å². The fourth-order valence-corrected chi connectivity index (χ4v) is 4.00. The topological polar surface area (TPSA) is 133 Å². The Morgan fingerprint density at radius 2 is 2.00 bits per heavy atom. The molecule has 0 aliphatic carbocycles. The number of hydrogen-bond donors (Lipinski definition) is 4. The molecular weight excluding hydrogens is 441 g/mol. The third kappa shape index (κ3) is 5.45. The maximum absolute atomic E-state index is 13.7. The molecule has 0 saturated carbocycles. The molecule has 1 aromatic heterocycles. The second-order valence-electron chi connectivity index (χ2n) is 8.23. The van der Waals surface area contributed by atoms with Gasteiger partial charge in [0.05, 0.1) is 17.1 Å². The van der Waals surface area contributed by atoms with Crippen LogP contribution >= 0.6 is 0 Å². The molecule has 0 radical (unpaired) electrons. The number of carbonyl (C=O) groups is 4. The van der Waals surface area contributed by atoms with E-state index in [-0.39, 0.29) is 30.5 Å². The molecule has 2 heterocycles. The molecule has 176 valence electrons. The molecule has 1 aliphatic rings. The highest BCUT2D eigenvalue weighted by Gasteiger charge is 2.30. The average Bonchev–Trinajstić information content (AvgIpc) is 3.44. The molecule has 1 saturated heterocycles. The standard InChI is InChI=1S/C24H24FN5O4/c25-16-5-3-4-14(10-16)11-20(23(33)27-17(13-31)12-15-8-9-26-22(15)32)30-24(34)21-28-18-6-1-2-7-19(18)29-21/h1-7,10,13,15,17,20H,8-9,11-12H2,(H,26,32)(H,27,33)(H,28,29)(H,30,34)/t15-,17-,20-/m0/s1. The number of imidazole rings is 1. The van der Waals surface area contributed by atoms with Crippen molar-refractivity contribution in [3.8, 4) is 0 Å². The van der Waals surface area contributed by atoms with Crippen molar-refractivity contribution in [2.75, 3.05) is 6.54 Å². The molecule has 3 atom stereocenters. The van der Waals surface area contributed by atoms with Crippen LogP contribution in [0.15, 0.2) is 48.5 Å². The Hall–Kier alpha value is -4.08. The first kappa shape index (κ1) is 23.1. The Morgan fingerprint density at radius 3 is 2.71 bits per heavy atom. The second-order valence-corrected chi connectivity index (χ2v) is 8.23. The van der Waals surface area contributed by atoms with Gasteiger partial charge < -0.3 is 25.7 Å². The van der Waals surface area contributed by atoms with Crippen molar-refractivity contribution in [3.63, 3.8) is 0 Å². The Bertz CT molecular complexity index is 1190. The quantitative estimate of drug-likeness (QED) is 0.353. The smallest absolute Gasteiger partial charge is 0.287 e. The lowest BCUT2D eigenvalue weighted by molar-refractivity contribution is -0.127. The monoisotopic (exact) mass is 465 g/mol. The van der Waals surface area contributed by atoms with Crippen LogP contribution in [0, 0.1) is 11.7 Å². The van der Waals surface area contributed by atoms with Gasteiger partial charge in [-0.1, -0.05) is 24.3 Å². The zero-order valence-corrected chi connectivity index (χ0v) is 18.2. The second kappa shape index (κ2) is 10.2. The molecule has 0 unspecified atom stereocenters. The highest BCUT2D eigenvalue weighted by atomic mass is 19.1. The molecule has 4 rings (SSSR count). The maximum atomic E-state index is 13.7. The van der Waals surface area contributed by atoms with E-state index in [9.17, 15) is 23.6 Å². The number of carbonyl (C=O) groups excluding carboxylic acids is 4. The van der Waals surface area contributed by atoms with Crippen LogP contribution in [0.2, 0.25) is 0 Å². The van der Waals surface area contributed by atoms with Crippen molar-refractivity contribution < 1.29 is 23.6 Å². The number of H-pyrrole nitrogens is 1. The summed E-state index contributed by atoms with van der Waals surface area (Å²) in [5, 5.41) is 7.94. The molecular formula is C24H24FN5O4. The van der Waals surface area contributed by atoms with Crippen molar-refractivity contribution in [2.24, 2.45) is 5.92 Å². The Kier molecular flexibility index (Phi) is 6.95. The van der Waals surface area contributed by atoms with Gasteiger partial charge in [-0.05, 0) is 42.7 Å². The fraction of sp³-hybridized carbons (Fsp3) is 0.292. The summed E-state index contributed by atoms with van der Waals surface area (Å²) in [4.78, 5) is 56.6. The van der Waals surface area contributed by atoms with Gasteiger partial charge in [0.15, 0.2) is 5.82 Å². The van der Waals surface area contributed by atoms with Gasteiger partial charge in [-0.25, -0.2) is 9.37 Å². The van der Waals surface area contributed by atoms with Gasteiger partial charge in [0.25, 0.3) is 5.91 Å². The van der Waals surface area contributed by atoms with E-state index in [4.69, 9.17) is 0 Å². The van der Waals surface area contributed by atoms with Gasteiger partial charge in [0, 0.05) is 18.9 Å². The fourth-order valence-electron chi connectivity index (χ4n) is 4.00. The number of amides is 3. The number of aromatic nitrogens is 2. The largest absolute Gasteiger partial charge is 0.356 e. The summed E-state index contributed by atoms with van der Waals surface area (Å²) in [5.74, 6) is -2.22. The molecule has 0 bridgehead atoms. The Balaban J connectivity index is 1.51. The van der Waals surface area contributed by atoms with Crippen LogP contribution in [0.1, 0.15) is 29.0 Å². The van der Waals surface area contributed by atoms with Crippen molar-refractivity contribution in [3.05, 3.63) is 65.7 Å². The maximum Gasteiger partial charge on any atom is 0.287 e. The van der Waals surface area contributed by atoms with Crippen LogP contribution in [0.5, 0.6) is 0 Å². The van der Waals surface area contributed by atoms with E-state index in [1.54, 1.807) is 30.3 Å². The number of para-hydroxylation sites is 2. The van der Waals surface area contributed by atoms with Crippen LogP contribution in [0.25, 0.3) is 11.0 Å². The van der Waals surface area contributed by atoms with E-state index in [2.05, 4.69) is 25.9 Å². The van der Waals surface area contributed by atoms with E-state index in [0.29, 0.717) is 35.8 Å². The number of halogens is 1. The van der Waals surface area contributed by atoms with Gasteiger partial charge in [-0.2, -0.15) is 0 Å². The molecule has 4 N–H and O–H groups in total.